The quantitative estimate of drug-likeness (QED) is 0.616. The van der Waals surface area contributed by atoms with Crippen LogP contribution in [0, 0.1) is 6.92 Å². The van der Waals surface area contributed by atoms with Crippen LogP contribution in [0.4, 0.5) is 0 Å². The number of amides is 1. The van der Waals surface area contributed by atoms with Gasteiger partial charge >= 0.3 is 5.97 Å². The Morgan fingerprint density at radius 3 is 2.64 bits per heavy atom. The number of aromatic nitrogens is 3. The minimum atomic E-state index is -0.427. The predicted molar refractivity (Wildman–Crippen MR) is 108 cm³/mol. The first-order valence-corrected chi connectivity index (χ1v) is 10.00. The number of ether oxygens (including phenoxy) is 1. The van der Waals surface area contributed by atoms with Gasteiger partial charge in [-0.05, 0) is 51.0 Å². The van der Waals surface area contributed by atoms with Gasteiger partial charge in [0.25, 0.3) is 5.91 Å². The molecule has 0 N–H and O–H groups in total. The zero-order valence-corrected chi connectivity index (χ0v) is 17.5. The molecule has 0 saturated carbocycles. The lowest BCUT2D eigenvalue weighted by molar-refractivity contribution is -0.141. The number of carbonyl (C=O) groups is 2. The van der Waals surface area contributed by atoms with Gasteiger partial charge in [0.15, 0.2) is 10.5 Å². The smallest absolute Gasteiger partial charge is 0.325 e. The summed E-state index contributed by atoms with van der Waals surface area (Å²) in [6.07, 6.45) is 0.905. The van der Waals surface area contributed by atoms with E-state index in [1.54, 1.807) is 15.3 Å². The van der Waals surface area contributed by atoms with Crippen LogP contribution in [0.2, 0.25) is 0 Å². The molecule has 2 aromatic heterocycles. The molecule has 0 aliphatic heterocycles. The first-order chi connectivity index (χ1) is 13.3. The van der Waals surface area contributed by atoms with Crippen molar-refractivity contribution in [2.45, 2.75) is 46.7 Å². The van der Waals surface area contributed by atoms with E-state index in [1.807, 2.05) is 32.9 Å². The second-order valence-corrected chi connectivity index (χ2v) is 7.84. The summed E-state index contributed by atoms with van der Waals surface area (Å²) in [6, 6.07) is 7.92. The van der Waals surface area contributed by atoms with Crippen LogP contribution < -0.4 is 4.80 Å². The summed E-state index contributed by atoms with van der Waals surface area (Å²) in [7, 11) is 1.34. The van der Waals surface area contributed by atoms with Gasteiger partial charge in [0.2, 0.25) is 0 Å². The van der Waals surface area contributed by atoms with Crippen molar-refractivity contribution in [3.63, 3.8) is 0 Å². The minimum Gasteiger partial charge on any atom is -0.468 e. The second-order valence-electron chi connectivity index (χ2n) is 6.83. The van der Waals surface area contributed by atoms with E-state index in [9.17, 15) is 9.59 Å². The van der Waals surface area contributed by atoms with Gasteiger partial charge in [-0.3, -0.25) is 14.3 Å². The standard InChI is InChI=1S/C20H24N4O3S/c1-6-14-7-8-16-17(10-14)28-20(23(16)11-18(25)27-5)21-19(26)15-9-13(4)24(22-15)12(2)3/h7-10,12H,6,11H2,1-5H3. The molecule has 28 heavy (non-hydrogen) atoms. The van der Waals surface area contributed by atoms with Gasteiger partial charge in [0, 0.05) is 11.7 Å². The maximum atomic E-state index is 12.7. The lowest BCUT2D eigenvalue weighted by Crippen LogP contribution is -2.22. The van der Waals surface area contributed by atoms with Crippen molar-refractivity contribution in [3.8, 4) is 0 Å². The fourth-order valence-electron chi connectivity index (χ4n) is 3.03. The molecule has 8 heteroatoms. The maximum Gasteiger partial charge on any atom is 0.325 e. The van der Waals surface area contributed by atoms with Crippen molar-refractivity contribution >= 4 is 33.4 Å². The fraction of sp³-hybridized carbons (Fsp3) is 0.400. The number of esters is 1. The summed E-state index contributed by atoms with van der Waals surface area (Å²) in [5.41, 5.74) is 3.23. The number of aryl methyl sites for hydroxylation is 2. The molecule has 0 atom stereocenters. The van der Waals surface area contributed by atoms with Crippen LogP contribution in [0.15, 0.2) is 29.3 Å². The van der Waals surface area contributed by atoms with E-state index in [4.69, 9.17) is 4.74 Å². The van der Waals surface area contributed by atoms with Crippen LogP contribution in [0.25, 0.3) is 10.2 Å². The van der Waals surface area contributed by atoms with E-state index in [2.05, 4.69) is 23.1 Å². The number of methoxy groups -OCH3 is 1. The summed E-state index contributed by atoms with van der Waals surface area (Å²) in [5, 5.41) is 4.37. The zero-order chi connectivity index (χ0) is 20.4. The highest BCUT2D eigenvalue weighted by Gasteiger charge is 2.16. The molecule has 0 radical (unpaired) electrons. The molecule has 3 rings (SSSR count). The zero-order valence-electron chi connectivity index (χ0n) is 16.7. The van der Waals surface area contributed by atoms with Gasteiger partial charge in [0.1, 0.15) is 6.54 Å². The Morgan fingerprint density at radius 2 is 2.04 bits per heavy atom. The number of thiazole rings is 1. The number of carbonyl (C=O) groups excluding carboxylic acids is 2. The number of rotatable bonds is 5. The molecule has 0 fully saturated rings. The molecule has 0 aliphatic rings. The van der Waals surface area contributed by atoms with E-state index in [1.165, 1.54) is 24.0 Å². The molecule has 7 nitrogen and oxygen atoms in total. The average molecular weight is 401 g/mol. The third-order valence-corrected chi connectivity index (χ3v) is 5.54. The summed E-state index contributed by atoms with van der Waals surface area (Å²) in [4.78, 5) is 29.4. The van der Waals surface area contributed by atoms with Crippen molar-refractivity contribution in [2.75, 3.05) is 7.11 Å². The topological polar surface area (TPSA) is 78.5 Å². The van der Waals surface area contributed by atoms with Crippen molar-refractivity contribution in [1.29, 1.82) is 0 Å². The third-order valence-electron chi connectivity index (χ3n) is 4.50. The molecular weight excluding hydrogens is 376 g/mol. The molecule has 1 amide bonds. The monoisotopic (exact) mass is 400 g/mol. The predicted octanol–water partition coefficient (Wildman–Crippen LogP) is 3.27. The highest BCUT2D eigenvalue weighted by Crippen LogP contribution is 2.20. The molecule has 1 aromatic carbocycles. The van der Waals surface area contributed by atoms with E-state index in [-0.39, 0.29) is 12.6 Å². The highest BCUT2D eigenvalue weighted by atomic mass is 32.1. The number of benzene rings is 1. The molecule has 2 heterocycles. The number of hydrogen-bond donors (Lipinski definition) is 0. The summed E-state index contributed by atoms with van der Waals surface area (Å²) >= 11 is 1.38. The normalized spacial score (nSPS) is 12.1. The van der Waals surface area contributed by atoms with E-state index >= 15 is 0 Å². The van der Waals surface area contributed by atoms with Crippen LogP contribution in [-0.4, -0.2) is 33.3 Å². The van der Waals surface area contributed by atoms with Gasteiger partial charge in [0.05, 0.1) is 17.3 Å². The molecule has 0 aliphatic carbocycles. The van der Waals surface area contributed by atoms with Crippen LogP contribution in [0.1, 0.15) is 48.6 Å². The lowest BCUT2D eigenvalue weighted by atomic mass is 10.2. The van der Waals surface area contributed by atoms with Crippen molar-refractivity contribution in [3.05, 3.63) is 46.0 Å². The first-order valence-electron chi connectivity index (χ1n) is 9.18. The molecule has 0 spiro atoms. The molecule has 0 unspecified atom stereocenters. The highest BCUT2D eigenvalue weighted by molar-refractivity contribution is 7.16. The molecule has 0 saturated heterocycles. The summed E-state index contributed by atoms with van der Waals surface area (Å²) < 4.78 is 9.29. The van der Waals surface area contributed by atoms with Crippen LogP contribution in [0.3, 0.4) is 0 Å². The largest absolute Gasteiger partial charge is 0.468 e. The third kappa shape index (κ3) is 3.91. The number of fused-ring (bicyclic) bond motifs is 1. The number of hydrogen-bond acceptors (Lipinski definition) is 5. The Labute approximate surface area is 167 Å². The first kappa shape index (κ1) is 20.0. The molecule has 148 valence electrons. The lowest BCUT2D eigenvalue weighted by Gasteiger charge is -2.06. The van der Waals surface area contributed by atoms with E-state index in [0.29, 0.717) is 10.5 Å². The Balaban J connectivity index is 2.11. The minimum absolute atomic E-state index is 0.00640. The van der Waals surface area contributed by atoms with Gasteiger partial charge in [-0.25, -0.2) is 0 Å². The van der Waals surface area contributed by atoms with Crippen molar-refractivity contribution in [1.82, 2.24) is 14.3 Å². The summed E-state index contributed by atoms with van der Waals surface area (Å²) in [5.74, 6) is -0.823. The summed E-state index contributed by atoms with van der Waals surface area (Å²) in [6.45, 7) is 8.00. The Kier molecular flexibility index (Phi) is 5.79. The second kappa shape index (κ2) is 8.10. The van der Waals surface area contributed by atoms with Gasteiger partial charge in [-0.1, -0.05) is 24.3 Å². The van der Waals surface area contributed by atoms with Crippen molar-refractivity contribution < 1.29 is 14.3 Å². The Bertz CT molecular complexity index is 1100. The Morgan fingerprint density at radius 1 is 1.29 bits per heavy atom. The fourth-order valence-corrected chi connectivity index (χ4v) is 4.12. The van der Waals surface area contributed by atoms with E-state index in [0.717, 1.165) is 22.3 Å². The van der Waals surface area contributed by atoms with Crippen LogP contribution in [-0.2, 0) is 22.5 Å². The van der Waals surface area contributed by atoms with E-state index < -0.39 is 11.9 Å². The molecule has 3 aromatic rings. The Hall–Kier alpha value is -2.74. The van der Waals surface area contributed by atoms with Gasteiger partial charge < -0.3 is 9.30 Å². The SMILES string of the molecule is CCc1ccc2c(c1)sc(=NC(=O)c1cc(C)n(C(C)C)n1)n2CC(=O)OC. The average Bonchev–Trinajstić information content (AvgIpc) is 3.22. The van der Waals surface area contributed by atoms with Crippen LogP contribution in [0.5, 0.6) is 0 Å². The molecule has 0 bridgehead atoms. The van der Waals surface area contributed by atoms with Gasteiger partial charge in [-0.15, -0.1) is 0 Å². The van der Waals surface area contributed by atoms with Crippen molar-refractivity contribution in [2.24, 2.45) is 4.99 Å². The number of nitrogens with zero attached hydrogens (tertiary/aromatic N) is 4. The molecular formula is C20H24N4O3S. The van der Waals surface area contributed by atoms with Gasteiger partial charge in [-0.2, -0.15) is 10.1 Å². The van der Waals surface area contributed by atoms with Crippen LogP contribution >= 0.6 is 11.3 Å². The maximum absolute atomic E-state index is 12.7.